The van der Waals surface area contributed by atoms with Crippen LogP contribution in [-0.4, -0.2) is 11.3 Å². The van der Waals surface area contributed by atoms with Gasteiger partial charge in [-0.3, -0.25) is 0 Å². The van der Waals surface area contributed by atoms with E-state index in [1.165, 1.54) is 12.5 Å². The number of hydrogen-bond donors (Lipinski definition) is 1. The predicted molar refractivity (Wildman–Crippen MR) is 102 cm³/mol. The third kappa shape index (κ3) is 3.18. The number of hydrogen-bond acceptors (Lipinski definition) is 6. The van der Waals surface area contributed by atoms with Crippen LogP contribution in [0.15, 0.2) is 77.7 Å². The Bertz CT molecular complexity index is 1150. The van der Waals surface area contributed by atoms with Gasteiger partial charge in [-0.05, 0) is 64.0 Å². The summed E-state index contributed by atoms with van der Waals surface area (Å²) in [5.74, 6) is 1.58. The Hall–Kier alpha value is -3.50. The molecule has 0 fully saturated rings. The summed E-state index contributed by atoms with van der Waals surface area (Å²) in [4.78, 5) is 4.32. The molecule has 4 rings (SSSR count). The van der Waals surface area contributed by atoms with Crippen LogP contribution in [-0.2, 0) is 0 Å². The standard InChI is InChI=1S/C20H11BrN2O4/c21-14-9-12(5-6-15(14)24)11-23-20-13(10-22)18(16-3-1-7-25-16)19(27-20)17-4-2-8-26-17/h1-9,11,24H. The number of aromatic hydroxyl groups is 1. The Morgan fingerprint density at radius 1 is 1.07 bits per heavy atom. The lowest BCUT2D eigenvalue weighted by molar-refractivity contribution is 0.472. The maximum absolute atomic E-state index is 9.69. The molecule has 0 saturated heterocycles. The van der Waals surface area contributed by atoms with E-state index in [4.69, 9.17) is 13.3 Å². The van der Waals surface area contributed by atoms with Gasteiger partial charge in [-0.25, -0.2) is 4.99 Å². The Kier molecular flexibility index (Phi) is 4.40. The fourth-order valence-corrected chi connectivity index (χ4v) is 2.98. The van der Waals surface area contributed by atoms with Crippen LogP contribution in [0.2, 0.25) is 0 Å². The monoisotopic (exact) mass is 422 g/mol. The summed E-state index contributed by atoms with van der Waals surface area (Å²) in [7, 11) is 0. The van der Waals surface area contributed by atoms with Crippen molar-refractivity contribution >= 4 is 28.0 Å². The van der Waals surface area contributed by atoms with Gasteiger partial charge in [-0.2, -0.15) is 5.26 Å². The summed E-state index contributed by atoms with van der Waals surface area (Å²) in [6.07, 6.45) is 4.58. The first-order chi connectivity index (χ1) is 13.2. The molecule has 3 heterocycles. The van der Waals surface area contributed by atoms with E-state index in [9.17, 15) is 10.4 Å². The maximum Gasteiger partial charge on any atom is 0.238 e. The fourth-order valence-electron chi connectivity index (χ4n) is 2.59. The highest BCUT2D eigenvalue weighted by Crippen LogP contribution is 2.42. The van der Waals surface area contributed by atoms with Gasteiger partial charge in [0.05, 0.1) is 22.6 Å². The Labute approximate surface area is 162 Å². The van der Waals surface area contributed by atoms with Crippen molar-refractivity contribution in [2.45, 2.75) is 0 Å². The van der Waals surface area contributed by atoms with Crippen LogP contribution >= 0.6 is 15.9 Å². The first-order valence-electron chi connectivity index (χ1n) is 7.84. The molecule has 4 aromatic rings. The Balaban J connectivity index is 1.84. The lowest BCUT2D eigenvalue weighted by Gasteiger charge is -1.97. The Morgan fingerprint density at radius 3 is 2.44 bits per heavy atom. The second-order valence-corrected chi connectivity index (χ2v) is 6.38. The van der Waals surface area contributed by atoms with Gasteiger partial charge < -0.3 is 18.4 Å². The number of aliphatic imine (C=N–C) groups is 1. The number of phenols is 1. The van der Waals surface area contributed by atoms with Gasteiger partial charge in [0.2, 0.25) is 5.88 Å². The molecular weight excluding hydrogens is 412 g/mol. The average Bonchev–Trinajstić information content (AvgIpc) is 3.42. The first kappa shape index (κ1) is 16.9. The highest BCUT2D eigenvalue weighted by molar-refractivity contribution is 9.10. The quantitative estimate of drug-likeness (QED) is 0.413. The molecule has 0 spiro atoms. The zero-order valence-electron chi connectivity index (χ0n) is 13.7. The fraction of sp³-hybridized carbons (Fsp3) is 0. The van der Waals surface area contributed by atoms with E-state index in [2.05, 4.69) is 27.0 Å². The largest absolute Gasteiger partial charge is 0.507 e. The van der Waals surface area contributed by atoms with Crippen LogP contribution in [0.25, 0.3) is 22.8 Å². The van der Waals surface area contributed by atoms with Crippen molar-refractivity contribution < 1.29 is 18.4 Å². The molecule has 27 heavy (non-hydrogen) atoms. The van der Waals surface area contributed by atoms with Crippen LogP contribution in [0.4, 0.5) is 5.88 Å². The third-order valence-electron chi connectivity index (χ3n) is 3.82. The molecule has 0 atom stereocenters. The summed E-state index contributed by atoms with van der Waals surface area (Å²) in [6, 6.07) is 14.0. The molecule has 0 aliphatic heterocycles. The van der Waals surface area contributed by atoms with Gasteiger partial charge in [0.15, 0.2) is 11.5 Å². The van der Waals surface area contributed by atoms with Gasteiger partial charge in [0, 0.05) is 6.21 Å². The topological polar surface area (TPSA) is 95.8 Å². The highest BCUT2D eigenvalue weighted by Gasteiger charge is 2.25. The molecule has 0 amide bonds. The molecule has 0 aliphatic rings. The van der Waals surface area contributed by atoms with Gasteiger partial charge in [-0.1, -0.05) is 0 Å². The normalized spacial score (nSPS) is 11.1. The van der Waals surface area contributed by atoms with Crippen LogP contribution in [0.5, 0.6) is 5.75 Å². The van der Waals surface area contributed by atoms with E-state index in [1.54, 1.807) is 48.7 Å². The number of nitriles is 1. The number of furan rings is 3. The summed E-state index contributed by atoms with van der Waals surface area (Å²) < 4.78 is 17.3. The molecule has 1 N–H and O–H groups in total. The minimum Gasteiger partial charge on any atom is -0.507 e. The van der Waals surface area contributed by atoms with Gasteiger partial charge >= 0.3 is 0 Å². The van der Waals surface area contributed by atoms with Crippen molar-refractivity contribution in [2.75, 3.05) is 0 Å². The minimum absolute atomic E-state index is 0.128. The van der Waals surface area contributed by atoms with E-state index in [1.807, 2.05) is 0 Å². The smallest absolute Gasteiger partial charge is 0.238 e. The Morgan fingerprint density at radius 2 is 1.81 bits per heavy atom. The van der Waals surface area contributed by atoms with Crippen LogP contribution < -0.4 is 0 Å². The zero-order valence-corrected chi connectivity index (χ0v) is 15.3. The van der Waals surface area contributed by atoms with Crippen molar-refractivity contribution in [2.24, 2.45) is 4.99 Å². The molecule has 0 bridgehead atoms. The lowest BCUT2D eigenvalue weighted by atomic mass is 10.1. The van der Waals surface area contributed by atoms with Crippen LogP contribution in [0.3, 0.4) is 0 Å². The van der Waals surface area contributed by atoms with Crippen molar-refractivity contribution in [3.63, 3.8) is 0 Å². The van der Waals surface area contributed by atoms with Crippen LogP contribution in [0.1, 0.15) is 11.1 Å². The number of halogens is 1. The summed E-state index contributed by atoms with van der Waals surface area (Å²) >= 11 is 3.26. The van der Waals surface area contributed by atoms with Crippen molar-refractivity contribution in [3.8, 4) is 34.7 Å². The number of nitrogens with zero attached hydrogens (tertiary/aromatic N) is 2. The highest BCUT2D eigenvalue weighted by atomic mass is 79.9. The maximum atomic E-state index is 9.69. The predicted octanol–water partition coefficient (Wildman–Crippen LogP) is 5.89. The minimum atomic E-state index is 0.128. The van der Waals surface area contributed by atoms with Crippen molar-refractivity contribution in [3.05, 3.63) is 70.6 Å². The molecule has 0 radical (unpaired) electrons. The van der Waals surface area contributed by atoms with E-state index in [0.717, 1.165) is 5.56 Å². The number of phenolic OH excluding ortho intramolecular Hbond substituents is 1. The molecule has 6 nitrogen and oxygen atoms in total. The summed E-state index contributed by atoms with van der Waals surface area (Å²) in [5.41, 5.74) is 1.45. The molecular formula is C20H11BrN2O4. The molecule has 1 aromatic carbocycles. The van der Waals surface area contributed by atoms with E-state index < -0.39 is 0 Å². The van der Waals surface area contributed by atoms with Gasteiger partial charge in [0.1, 0.15) is 23.1 Å². The molecule has 7 heteroatoms. The van der Waals surface area contributed by atoms with E-state index >= 15 is 0 Å². The summed E-state index contributed by atoms with van der Waals surface area (Å²) in [6.45, 7) is 0. The first-order valence-corrected chi connectivity index (χ1v) is 8.64. The van der Waals surface area contributed by atoms with Crippen molar-refractivity contribution in [1.82, 2.24) is 0 Å². The van der Waals surface area contributed by atoms with Gasteiger partial charge in [-0.15, -0.1) is 0 Å². The molecule has 0 aliphatic carbocycles. The van der Waals surface area contributed by atoms with Crippen molar-refractivity contribution in [1.29, 1.82) is 5.26 Å². The second kappa shape index (κ2) is 7.02. The number of rotatable bonds is 4. The molecule has 0 unspecified atom stereocenters. The SMILES string of the molecule is N#Cc1c(N=Cc2ccc(O)c(Br)c2)oc(-c2ccco2)c1-c1ccco1. The van der Waals surface area contributed by atoms with E-state index in [-0.39, 0.29) is 17.2 Å². The number of benzene rings is 1. The third-order valence-corrected chi connectivity index (χ3v) is 4.45. The van der Waals surface area contributed by atoms with E-state index in [0.29, 0.717) is 27.3 Å². The molecule has 0 saturated carbocycles. The zero-order chi connectivity index (χ0) is 18.8. The lowest BCUT2D eigenvalue weighted by Crippen LogP contribution is -1.82. The molecule has 3 aromatic heterocycles. The van der Waals surface area contributed by atoms with Crippen LogP contribution in [0, 0.1) is 11.3 Å². The summed E-state index contributed by atoms with van der Waals surface area (Å²) in [5, 5.41) is 19.3. The average molecular weight is 423 g/mol. The van der Waals surface area contributed by atoms with Gasteiger partial charge in [0.25, 0.3) is 0 Å². The second-order valence-electron chi connectivity index (χ2n) is 5.52. The molecule has 132 valence electrons.